The quantitative estimate of drug-likeness (QED) is 0.662. The SMILES string of the molecule is N#Cc1ccc(Oc2ncc(C(=O)O)cn2)c([N+](=O)[O-])c1. The number of nitro groups is 1. The van der Waals surface area contributed by atoms with Gasteiger partial charge in [0.2, 0.25) is 5.75 Å². The molecule has 2 aromatic rings. The molecule has 1 aromatic heterocycles. The molecule has 9 nitrogen and oxygen atoms in total. The van der Waals surface area contributed by atoms with E-state index in [0.29, 0.717) is 0 Å². The first-order valence-corrected chi connectivity index (χ1v) is 5.43. The molecule has 0 bridgehead atoms. The summed E-state index contributed by atoms with van der Waals surface area (Å²) >= 11 is 0. The maximum atomic E-state index is 10.9. The smallest absolute Gasteiger partial charge is 0.338 e. The van der Waals surface area contributed by atoms with Crippen molar-refractivity contribution in [2.75, 3.05) is 0 Å². The molecule has 2 rings (SSSR count). The number of carbonyl (C=O) groups is 1. The lowest BCUT2D eigenvalue weighted by Gasteiger charge is -2.04. The fourth-order valence-electron chi connectivity index (χ4n) is 1.39. The van der Waals surface area contributed by atoms with Crippen molar-refractivity contribution in [3.63, 3.8) is 0 Å². The molecule has 1 aromatic carbocycles. The maximum absolute atomic E-state index is 10.9. The van der Waals surface area contributed by atoms with E-state index in [2.05, 4.69) is 9.97 Å². The number of aromatic nitrogens is 2. The summed E-state index contributed by atoms with van der Waals surface area (Å²) in [4.78, 5) is 28.1. The topological polar surface area (TPSA) is 139 Å². The number of benzene rings is 1. The van der Waals surface area contributed by atoms with E-state index < -0.39 is 16.6 Å². The number of hydrogen-bond acceptors (Lipinski definition) is 7. The summed E-state index contributed by atoms with van der Waals surface area (Å²) < 4.78 is 5.14. The van der Waals surface area contributed by atoms with Gasteiger partial charge in [-0.2, -0.15) is 5.26 Å². The van der Waals surface area contributed by atoms with Gasteiger partial charge in [0.15, 0.2) is 0 Å². The van der Waals surface area contributed by atoms with Crippen molar-refractivity contribution >= 4 is 11.7 Å². The Kier molecular flexibility index (Phi) is 3.71. The number of nitrogens with zero attached hydrogens (tertiary/aromatic N) is 4. The molecule has 1 N–H and O–H groups in total. The van der Waals surface area contributed by atoms with Crippen molar-refractivity contribution in [1.29, 1.82) is 5.26 Å². The lowest BCUT2D eigenvalue weighted by molar-refractivity contribution is -0.385. The second kappa shape index (κ2) is 5.62. The van der Waals surface area contributed by atoms with Gasteiger partial charge in [-0.05, 0) is 12.1 Å². The number of aromatic carboxylic acids is 1. The maximum Gasteiger partial charge on any atom is 0.338 e. The highest BCUT2D eigenvalue weighted by Crippen LogP contribution is 2.30. The fourth-order valence-corrected chi connectivity index (χ4v) is 1.39. The van der Waals surface area contributed by atoms with E-state index >= 15 is 0 Å². The highest BCUT2D eigenvalue weighted by Gasteiger charge is 2.18. The Morgan fingerprint density at radius 2 is 2.05 bits per heavy atom. The average molecular weight is 286 g/mol. The zero-order valence-electron chi connectivity index (χ0n) is 10.3. The van der Waals surface area contributed by atoms with Crippen molar-refractivity contribution in [2.45, 2.75) is 0 Å². The largest absolute Gasteiger partial charge is 0.478 e. The van der Waals surface area contributed by atoms with Crippen LogP contribution in [0.2, 0.25) is 0 Å². The molecule has 1 heterocycles. The summed E-state index contributed by atoms with van der Waals surface area (Å²) in [6.45, 7) is 0. The van der Waals surface area contributed by atoms with Gasteiger partial charge < -0.3 is 9.84 Å². The first kappa shape index (κ1) is 13.9. The van der Waals surface area contributed by atoms with Gasteiger partial charge in [0.1, 0.15) is 0 Å². The number of ether oxygens (including phenoxy) is 1. The first-order chi connectivity index (χ1) is 10.0. The molecular weight excluding hydrogens is 280 g/mol. The van der Waals surface area contributed by atoms with Crippen LogP contribution in [0.25, 0.3) is 0 Å². The van der Waals surface area contributed by atoms with Crippen molar-refractivity contribution in [1.82, 2.24) is 9.97 Å². The Morgan fingerprint density at radius 3 is 2.57 bits per heavy atom. The summed E-state index contributed by atoms with van der Waals surface area (Å²) in [5.74, 6) is -1.35. The van der Waals surface area contributed by atoms with Crippen LogP contribution in [-0.2, 0) is 0 Å². The van der Waals surface area contributed by atoms with Gasteiger partial charge in [0.25, 0.3) is 0 Å². The molecule has 0 spiro atoms. The van der Waals surface area contributed by atoms with E-state index in [4.69, 9.17) is 15.1 Å². The standard InChI is InChI=1S/C12H6N4O5/c13-4-7-1-2-10(9(3-7)16(19)20)21-12-14-5-8(6-15-12)11(17)18/h1-3,5-6H,(H,17,18). The van der Waals surface area contributed by atoms with Gasteiger partial charge in [-0.1, -0.05) is 0 Å². The second-order valence-corrected chi connectivity index (χ2v) is 3.71. The van der Waals surface area contributed by atoms with E-state index in [-0.39, 0.29) is 22.9 Å². The van der Waals surface area contributed by atoms with Gasteiger partial charge in [0.05, 0.1) is 22.1 Å². The molecule has 0 aliphatic heterocycles. The van der Waals surface area contributed by atoms with Gasteiger partial charge in [-0.25, -0.2) is 14.8 Å². The van der Waals surface area contributed by atoms with Crippen LogP contribution in [0.4, 0.5) is 5.69 Å². The zero-order valence-corrected chi connectivity index (χ0v) is 10.3. The lowest BCUT2D eigenvalue weighted by atomic mass is 10.2. The minimum atomic E-state index is -1.20. The van der Waals surface area contributed by atoms with Crippen molar-refractivity contribution < 1.29 is 19.6 Å². The van der Waals surface area contributed by atoms with E-state index in [1.807, 2.05) is 0 Å². The molecule has 0 fully saturated rings. The average Bonchev–Trinajstić information content (AvgIpc) is 2.48. The summed E-state index contributed by atoms with van der Waals surface area (Å²) in [5, 5.41) is 28.3. The van der Waals surface area contributed by atoms with Gasteiger partial charge >= 0.3 is 17.7 Å². The number of carboxylic acids is 1. The van der Waals surface area contributed by atoms with Crippen molar-refractivity contribution in [3.8, 4) is 17.8 Å². The van der Waals surface area contributed by atoms with Gasteiger partial charge in [-0.3, -0.25) is 10.1 Å². The van der Waals surface area contributed by atoms with Crippen LogP contribution in [0.5, 0.6) is 11.8 Å². The van der Waals surface area contributed by atoms with Gasteiger partial charge in [-0.15, -0.1) is 0 Å². The normalized spacial score (nSPS) is 9.67. The van der Waals surface area contributed by atoms with Crippen LogP contribution in [0.3, 0.4) is 0 Å². The molecule has 0 aliphatic carbocycles. The number of nitriles is 1. The third-order valence-corrected chi connectivity index (χ3v) is 2.36. The van der Waals surface area contributed by atoms with Crippen LogP contribution in [0.1, 0.15) is 15.9 Å². The van der Waals surface area contributed by atoms with Crippen LogP contribution < -0.4 is 4.74 Å². The second-order valence-electron chi connectivity index (χ2n) is 3.71. The third-order valence-electron chi connectivity index (χ3n) is 2.36. The van der Waals surface area contributed by atoms with Crippen LogP contribution in [0, 0.1) is 21.4 Å². The first-order valence-electron chi connectivity index (χ1n) is 5.43. The molecule has 0 aliphatic rings. The van der Waals surface area contributed by atoms with Crippen LogP contribution in [-0.4, -0.2) is 26.0 Å². The monoisotopic (exact) mass is 286 g/mol. The summed E-state index contributed by atoms with van der Waals surface area (Å²) in [5.41, 5.74) is -0.451. The van der Waals surface area contributed by atoms with E-state index in [1.54, 1.807) is 6.07 Å². The molecule has 0 radical (unpaired) electrons. The molecule has 21 heavy (non-hydrogen) atoms. The molecule has 0 saturated carbocycles. The minimum absolute atomic E-state index is 0.108. The molecule has 0 atom stereocenters. The summed E-state index contributed by atoms with van der Waals surface area (Å²) in [6, 6.07) is 5.17. The molecule has 104 valence electrons. The third kappa shape index (κ3) is 3.07. The Morgan fingerprint density at radius 1 is 1.38 bits per heavy atom. The molecule has 0 saturated heterocycles. The highest BCUT2D eigenvalue weighted by molar-refractivity contribution is 5.86. The van der Waals surface area contributed by atoms with E-state index in [1.165, 1.54) is 12.1 Å². The minimum Gasteiger partial charge on any atom is -0.478 e. The molecular formula is C12H6N4O5. The Hall–Kier alpha value is -3.54. The van der Waals surface area contributed by atoms with Crippen molar-refractivity contribution in [2.24, 2.45) is 0 Å². The molecule has 0 amide bonds. The van der Waals surface area contributed by atoms with Crippen molar-refractivity contribution in [3.05, 3.63) is 51.8 Å². The predicted octanol–water partition coefficient (Wildman–Crippen LogP) is 1.75. The fraction of sp³-hybridized carbons (Fsp3) is 0. The Bertz CT molecular complexity index is 751. The number of hydrogen-bond donors (Lipinski definition) is 1. The summed E-state index contributed by atoms with van der Waals surface area (Å²) in [7, 11) is 0. The number of nitro benzene ring substituents is 1. The number of carboxylic acid groups (broad SMARTS) is 1. The highest BCUT2D eigenvalue weighted by atomic mass is 16.6. The van der Waals surface area contributed by atoms with E-state index in [9.17, 15) is 14.9 Å². The zero-order chi connectivity index (χ0) is 15.4. The lowest BCUT2D eigenvalue weighted by Crippen LogP contribution is -2.01. The summed E-state index contributed by atoms with van der Waals surface area (Å²) in [6.07, 6.45) is 2.03. The number of rotatable bonds is 4. The Labute approximate surface area is 117 Å². The van der Waals surface area contributed by atoms with E-state index in [0.717, 1.165) is 18.5 Å². The van der Waals surface area contributed by atoms with Crippen LogP contribution >= 0.6 is 0 Å². The molecule has 0 unspecified atom stereocenters. The predicted molar refractivity (Wildman–Crippen MR) is 66.9 cm³/mol. The molecule has 9 heteroatoms. The Balaban J connectivity index is 2.33. The van der Waals surface area contributed by atoms with Gasteiger partial charge in [0, 0.05) is 18.5 Å². The van der Waals surface area contributed by atoms with Crippen LogP contribution in [0.15, 0.2) is 30.6 Å².